The lowest BCUT2D eigenvalue weighted by Gasteiger charge is -2.18. The van der Waals surface area contributed by atoms with Crippen LogP contribution in [0.3, 0.4) is 0 Å². The van der Waals surface area contributed by atoms with Crippen molar-refractivity contribution in [1.29, 1.82) is 0 Å². The molecule has 0 saturated heterocycles. The first-order valence-corrected chi connectivity index (χ1v) is 8.76. The van der Waals surface area contributed by atoms with E-state index >= 15 is 0 Å². The molecule has 0 unspecified atom stereocenters. The van der Waals surface area contributed by atoms with Gasteiger partial charge in [0.2, 0.25) is 6.79 Å². The SMILES string of the molecule is CN(C/C=C/c1ccc(C(C)(C)C)cc1)Cc1ccc2c(c1)OCO2. The number of fused-ring (bicyclic) bond motifs is 1. The van der Waals surface area contributed by atoms with Crippen molar-refractivity contribution in [3.8, 4) is 11.5 Å². The molecule has 1 aliphatic rings. The van der Waals surface area contributed by atoms with Gasteiger partial charge in [0.1, 0.15) is 0 Å². The summed E-state index contributed by atoms with van der Waals surface area (Å²) in [7, 11) is 2.12. The fraction of sp³-hybridized carbons (Fsp3) is 0.364. The third-order valence-electron chi connectivity index (χ3n) is 4.39. The van der Waals surface area contributed by atoms with E-state index in [0.29, 0.717) is 6.79 Å². The lowest BCUT2D eigenvalue weighted by Crippen LogP contribution is -2.17. The number of nitrogens with zero attached hydrogens (tertiary/aromatic N) is 1. The van der Waals surface area contributed by atoms with Crippen molar-refractivity contribution in [2.75, 3.05) is 20.4 Å². The van der Waals surface area contributed by atoms with E-state index in [1.54, 1.807) is 0 Å². The number of rotatable bonds is 5. The molecule has 3 rings (SSSR count). The summed E-state index contributed by atoms with van der Waals surface area (Å²) in [5.74, 6) is 1.69. The Balaban J connectivity index is 1.53. The first kappa shape index (κ1) is 17.6. The van der Waals surface area contributed by atoms with Crippen LogP contribution in [-0.4, -0.2) is 25.3 Å². The topological polar surface area (TPSA) is 21.7 Å². The van der Waals surface area contributed by atoms with E-state index < -0.39 is 0 Å². The number of benzene rings is 2. The highest BCUT2D eigenvalue weighted by atomic mass is 16.7. The second-order valence-corrected chi connectivity index (χ2v) is 7.66. The van der Waals surface area contributed by atoms with Crippen molar-refractivity contribution in [3.05, 3.63) is 65.2 Å². The van der Waals surface area contributed by atoms with E-state index in [1.165, 1.54) is 16.7 Å². The van der Waals surface area contributed by atoms with Crippen LogP contribution < -0.4 is 9.47 Å². The fourth-order valence-corrected chi connectivity index (χ4v) is 2.88. The van der Waals surface area contributed by atoms with Gasteiger partial charge in [-0.05, 0) is 41.3 Å². The second kappa shape index (κ2) is 7.32. The molecule has 1 aliphatic heterocycles. The summed E-state index contributed by atoms with van der Waals surface area (Å²) < 4.78 is 10.8. The van der Waals surface area contributed by atoms with E-state index in [2.05, 4.69) is 81.3 Å². The summed E-state index contributed by atoms with van der Waals surface area (Å²) in [4.78, 5) is 2.28. The minimum absolute atomic E-state index is 0.201. The van der Waals surface area contributed by atoms with Gasteiger partial charge < -0.3 is 9.47 Å². The molecule has 0 aromatic heterocycles. The molecule has 0 aliphatic carbocycles. The summed E-state index contributed by atoms with van der Waals surface area (Å²) in [5.41, 5.74) is 4.04. The van der Waals surface area contributed by atoms with Gasteiger partial charge in [0.25, 0.3) is 0 Å². The zero-order valence-corrected chi connectivity index (χ0v) is 15.6. The molecule has 0 saturated carbocycles. The van der Waals surface area contributed by atoms with E-state index in [-0.39, 0.29) is 5.41 Å². The maximum absolute atomic E-state index is 5.44. The second-order valence-electron chi connectivity index (χ2n) is 7.66. The Morgan fingerprint density at radius 3 is 2.44 bits per heavy atom. The highest BCUT2D eigenvalue weighted by Gasteiger charge is 2.14. The maximum Gasteiger partial charge on any atom is 0.231 e. The van der Waals surface area contributed by atoms with Crippen molar-refractivity contribution in [3.63, 3.8) is 0 Å². The molecule has 0 fully saturated rings. The highest BCUT2D eigenvalue weighted by molar-refractivity contribution is 5.50. The van der Waals surface area contributed by atoms with Crippen LogP contribution in [0.4, 0.5) is 0 Å². The number of hydrogen-bond donors (Lipinski definition) is 0. The first-order valence-electron chi connectivity index (χ1n) is 8.76. The molecule has 3 nitrogen and oxygen atoms in total. The minimum atomic E-state index is 0.201. The van der Waals surface area contributed by atoms with Crippen LogP contribution in [0.25, 0.3) is 6.08 Å². The van der Waals surface area contributed by atoms with Gasteiger partial charge in [-0.3, -0.25) is 4.90 Å². The summed E-state index contributed by atoms with van der Waals surface area (Å²) in [5, 5.41) is 0. The molecule has 0 amide bonds. The Bertz CT molecular complexity index is 742. The van der Waals surface area contributed by atoms with Crippen LogP contribution >= 0.6 is 0 Å². The molecular formula is C22H27NO2. The molecule has 2 aromatic carbocycles. The normalized spacial score (nSPS) is 13.8. The third-order valence-corrected chi connectivity index (χ3v) is 4.39. The highest BCUT2D eigenvalue weighted by Crippen LogP contribution is 2.32. The quantitative estimate of drug-likeness (QED) is 0.778. The van der Waals surface area contributed by atoms with Crippen molar-refractivity contribution in [2.24, 2.45) is 0 Å². The Morgan fingerprint density at radius 1 is 1.00 bits per heavy atom. The molecule has 0 bridgehead atoms. The molecule has 0 atom stereocenters. The Hall–Kier alpha value is -2.26. The summed E-state index contributed by atoms with van der Waals surface area (Å²) in [6, 6.07) is 15.0. The predicted molar refractivity (Wildman–Crippen MR) is 103 cm³/mol. The van der Waals surface area contributed by atoms with Crippen LogP contribution in [0.5, 0.6) is 11.5 Å². The number of ether oxygens (including phenoxy) is 2. The van der Waals surface area contributed by atoms with Crippen molar-refractivity contribution in [2.45, 2.75) is 32.7 Å². The van der Waals surface area contributed by atoms with Gasteiger partial charge in [-0.25, -0.2) is 0 Å². The fourth-order valence-electron chi connectivity index (χ4n) is 2.88. The summed E-state index contributed by atoms with van der Waals surface area (Å²) in [6.45, 7) is 8.82. The Labute approximate surface area is 150 Å². The molecule has 3 heteroatoms. The molecule has 0 spiro atoms. The lowest BCUT2D eigenvalue weighted by molar-refractivity contribution is 0.174. The van der Waals surface area contributed by atoms with Crippen LogP contribution in [-0.2, 0) is 12.0 Å². The van der Waals surface area contributed by atoms with Crippen LogP contribution in [0.15, 0.2) is 48.5 Å². The summed E-state index contributed by atoms with van der Waals surface area (Å²) in [6.07, 6.45) is 4.39. The number of hydrogen-bond acceptors (Lipinski definition) is 3. The maximum atomic E-state index is 5.44. The number of likely N-dealkylation sites (N-methyl/N-ethyl adjacent to an activating group) is 1. The standard InChI is InChI=1S/C22H27NO2/c1-22(2,3)19-10-7-17(8-11-19)6-5-13-23(4)15-18-9-12-20-21(14-18)25-16-24-20/h5-12,14H,13,15-16H2,1-4H3/b6-5+. The van der Waals surface area contributed by atoms with Gasteiger partial charge in [0, 0.05) is 13.1 Å². The molecular weight excluding hydrogens is 310 g/mol. The van der Waals surface area contributed by atoms with Gasteiger partial charge in [-0.1, -0.05) is 63.3 Å². The van der Waals surface area contributed by atoms with Crippen molar-refractivity contribution < 1.29 is 9.47 Å². The molecule has 25 heavy (non-hydrogen) atoms. The lowest BCUT2D eigenvalue weighted by atomic mass is 9.87. The molecule has 0 N–H and O–H groups in total. The Kier molecular flexibility index (Phi) is 5.14. The van der Waals surface area contributed by atoms with Gasteiger partial charge in [0.15, 0.2) is 11.5 Å². The molecule has 1 heterocycles. The van der Waals surface area contributed by atoms with Crippen LogP contribution in [0.1, 0.15) is 37.5 Å². The van der Waals surface area contributed by atoms with Gasteiger partial charge in [-0.15, -0.1) is 0 Å². The van der Waals surface area contributed by atoms with Crippen molar-refractivity contribution in [1.82, 2.24) is 4.90 Å². The predicted octanol–water partition coefficient (Wildman–Crippen LogP) is 4.86. The van der Waals surface area contributed by atoms with Crippen LogP contribution in [0.2, 0.25) is 0 Å². The molecule has 2 aromatic rings. The monoisotopic (exact) mass is 337 g/mol. The zero-order valence-electron chi connectivity index (χ0n) is 15.6. The molecule has 132 valence electrons. The average molecular weight is 337 g/mol. The van der Waals surface area contributed by atoms with Crippen LogP contribution in [0, 0.1) is 0 Å². The van der Waals surface area contributed by atoms with Gasteiger partial charge >= 0.3 is 0 Å². The zero-order chi connectivity index (χ0) is 17.9. The van der Waals surface area contributed by atoms with E-state index in [4.69, 9.17) is 9.47 Å². The molecule has 0 radical (unpaired) electrons. The van der Waals surface area contributed by atoms with Crippen molar-refractivity contribution >= 4 is 6.08 Å². The van der Waals surface area contributed by atoms with E-state index in [1.807, 2.05) is 6.07 Å². The smallest absolute Gasteiger partial charge is 0.231 e. The first-order chi connectivity index (χ1) is 11.9. The van der Waals surface area contributed by atoms with E-state index in [9.17, 15) is 0 Å². The van der Waals surface area contributed by atoms with Gasteiger partial charge in [-0.2, -0.15) is 0 Å². The third kappa shape index (κ3) is 4.64. The van der Waals surface area contributed by atoms with E-state index in [0.717, 1.165) is 24.6 Å². The largest absolute Gasteiger partial charge is 0.454 e. The summed E-state index contributed by atoms with van der Waals surface area (Å²) >= 11 is 0. The minimum Gasteiger partial charge on any atom is -0.454 e. The average Bonchev–Trinajstić information content (AvgIpc) is 3.02. The van der Waals surface area contributed by atoms with Gasteiger partial charge in [0.05, 0.1) is 0 Å². The Morgan fingerprint density at radius 2 is 1.72 bits per heavy atom.